The van der Waals surface area contributed by atoms with Crippen LogP contribution >= 0.6 is 0 Å². The quantitative estimate of drug-likeness (QED) is 0.501. The number of nitrogen functional groups attached to an aromatic ring is 1. The van der Waals surface area contributed by atoms with Crippen molar-refractivity contribution in [1.29, 1.82) is 0 Å². The monoisotopic (exact) mass is 293 g/mol. The van der Waals surface area contributed by atoms with Crippen LogP contribution in [0.25, 0.3) is 11.2 Å². The average Bonchev–Trinajstić information content (AvgIpc) is 3.07. The summed E-state index contributed by atoms with van der Waals surface area (Å²) in [6.45, 7) is 0. The van der Waals surface area contributed by atoms with Crippen molar-refractivity contribution in [3.63, 3.8) is 0 Å². The predicted molar refractivity (Wildman–Crippen MR) is 69.8 cm³/mol. The smallest absolute Gasteiger partial charge is 0.167 e. The maximum absolute atomic E-state index is 10.5. The van der Waals surface area contributed by atoms with E-state index in [2.05, 4.69) is 15.0 Å². The molecule has 112 valence electrons. The zero-order valence-corrected chi connectivity index (χ0v) is 11.0. The van der Waals surface area contributed by atoms with Crippen molar-refractivity contribution >= 4 is 17.0 Å². The van der Waals surface area contributed by atoms with Crippen LogP contribution in [0.4, 0.5) is 5.82 Å². The number of imidazole rings is 1. The molecule has 5 atom stereocenters. The van der Waals surface area contributed by atoms with E-state index >= 15 is 0 Å². The molecule has 1 aliphatic carbocycles. The average molecular weight is 293 g/mol. The van der Waals surface area contributed by atoms with E-state index in [-0.39, 0.29) is 12.2 Å². The molecule has 0 aromatic carbocycles. The highest BCUT2D eigenvalue weighted by molar-refractivity contribution is 5.81. The highest BCUT2D eigenvalue weighted by Gasteiger charge is 2.61. The zero-order chi connectivity index (χ0) is 14.8. The number of aliphatic hydroxyl groups excluding tert-OH is 2. The van der Waals surface area contributed by atoms with Crippen LogP contribution in [-0.4, -0.2) is 58.8 Å². The molecule has 1 saturated carbocycles. The van der Waals surface area contributed by atoms with Crippen LogP contribution in [0.5, 0.6) is 0 Å². The van der Waals surface area contributed by atoms with Gasteiger partial charge in [-0.05, 0) is 12.8 Å². The number of nitrogens with zero attached hydrogens (tertiary/aromatic N) is 4. The van der Waals surface area contributed by atoms with E-state index in [1.54, 1.807) is 0 Å². The largest absolute Gasteiger partial charge is 0.390 e. The Morgan fingerprint density at radius 2 is 2.14 bits per heavy atom. The number of aliphatic hydroxyl groups is 3. The van der Waals surface area contributed by atoms with Crippen molar-refractivity contribution in [2.45, 2.75) is 43.0 Å². The maximum atomic E-state index is 10.5. The van der Waals surface area contributed by atoms with Crippen molar-refractivity contribution in [3.05, 3.63) is 12.7 Å². The molecule has 1 aliphatic heterocycles. The molecule has 2 aromatic rings. The van der Waals surface area contributed by atoms with E-state index < -0.39 is 30.1 Å². The van der Waals surface area contributed by atoms with Crippen LogP contribution in [0.3, 0.4) is 0 Å². The van der Waals surface area contributed by atoms with Gasteiger partial charge in [-0.2, -0.15) is 0 Å². The Bertz CT molecular complexity index is 706. The topological polar surface area (TPSA) is 140 Å². The lowest BCUT2D eigenvalue weighted by Gasteiger charge is -2.25. The van der Waals surface area contributed by atoms with Crippen LogP contribution in [0.1, 0.15) is 19.1 Å². The number of rotatable bonds is 1. The summed E-state index contributed by atoms with van der Waals surface area (Å²) in [5.74, 6) is 0.227. The summed E-state index contributed by atoms with van der Waals surface area (Å²) in [6, 6.07) is 0. The van der Waals surface area contributed by atoms with Gasteiger partial charge in [-0.15, -0.1) is 0 Å². The molecule has 0 bridgehead atoms. The van der Waals surface area contributed by atoms with E-state index in [1.807, 2.05) is 0 Å². The SMILES string of the molecule is Nc1ncnc2c1ncn2C1OC2[C@@H](O)CCC2(O)C1O. The van der Waals surface area contributed by atoms with Gasteiger partial charge in [-0.1, -0.05) is 0 Å². The summed E-state index contributed by atoms with van der Waals surface area (Å²) in [7, 11) is 0. The Morgan fingerprint density at radius 3 is 2.90 bits per heavy atom. The van der Waals surface area contributed by atoms with Gasteiger partial charge in [0.25, 0.3) is 0 Å². The van der Waals surface area contributed by atoms with E-state index in [9.17, 15) is 15.3 Å². The second-order valence-electron chi connectivity index (χ2n) is 5.57. The zero-order valence-electron chi connectivity index (χ0n) is 11.0. The number of ether oxygens (including phenoxy) is 1. The van der Waals surface area contributed by atoms with Gasteiger partial charge < -0.3 is 25.8 Å². The minimum Gasteiger partial charge on any atom is -0.390 e. The number of fused-ring (bicyclic) bond motifs is 2. The van der Waals surface area contributed by atoms with E-state index in [0.29, 0.717) is 17.6 Å². The van der Waals surface area contributed by atoms with Gasteiger partial charge in [0, 0.05) is 0 Å². The van der Waals surface area contributed by atoms with Crippen molar-refractivity contribution in [2.24, 2.45) is 0 Å². The molecule has 0 amide bonds. The summed E-state index contributed by atoms with van der Waals surface area (Å²) in [4.78, 5) is 12.0. The lowest BCUT2D eigenvalue weighted by Crippen LogP contribution is -2.46. The fourth-order valence-electron chi connectivity index (χ4n) is 3.28. The second kappa shape index (κ2) is 4.10. The third-order valence-corrected chi connectivity index (χ3v) is 4.41. The molecule has 2 aromatic heterocycles. The molecule has 21 heavy (non-hydrogen) atoms. The Kier molecular flexibility index (Phi) is 2.52. The lowest BCUT2D eigenvalue weighted by molar-refractivity contribution is -0.0850. The fourth-order valence-corrected chi connectivity index (χ4v) is 3.28. The van der Waals surface area contributed by atoms with Crippen LogP contribution in [0, 0.1) is 0 Å². The normalized spacial score (nSPS) is 39.0. The number of aromatic nitrogens is 4. The third kappa shape index (κ3) is 1.57. The van der Waals surface area contributed by atoms with Gasteiger partial charge in [-0.25, -0.2) is 15.0 Å². The maximum Gasteiger partial charge on any atom is 0.167 e. The summed E-state index contributed by atoms with van der Waals surface area (Å²) in [5.41, 5.74) is 5.07. The van der Waals surface area contributed by atoms with Crippen molar-refractivity contribution in [3.8, 4) is 0 Å². The first-order chi connectivity index (χ1) is 10.0. The van der Waals surface area contributed by atoms with Crippen LogP contribution < -0.4 is 5.73 Å². The van der Waals surface area contributed by atoms with Gasteiger partial charge in [0.2, 0.25) is 0 Å². The van der Waals surface area contributed by atoms with E-state index in [0.717, 1.165) is 0 Å². The first-order valence-corrected chi connectivity index (χ1v) is 6.69. The third-order valence-electron chi connectivity index (χ3n) is 4.41. The number of anilines is 1. The van der Waals surface area contributed by atoms with Gasteiger partial charge in [0.15, 0.2) is 17.7 Å². The van der Waals surface area contributed by atoms with Crippen LogP contribution in [0.15, 0.2) is 12.7 Å². The lowest BCUT2D eigenvalue weighted by atomic mass is 9.94. The molecule has 2 fully saturated rings. The molecule has 1 saturated heterocycles. The molecule has 9 nitrogen and oxygen atoms in total. The second-order valence-corrected chi connectivity index (χ2v) is 5.57. The standard InChI is InChI=1S/C12H15N5O4/c13-9-6-10(15-3-14-9)17(4-16-6)11-7(19)12(20)2-1-5(18)8(12)21-11/h3-5,7-8,11,18-20H,1-2H2,(H2,13,14,15)/t5-,7?,8?,11?,12?/m0/s1. The molecule has 5 N–H and O–H groups in total. The summed E-state index contributed by atoms with van der Waals surface area (Å²) < 4.78 is 7.18. The van der Waals surface area contributed by atoms with E-state index in [1.165, 1.54) is 17.2 Å². The summed E-state index contributed by atoms with van der Waals surface area (Å²) in [6.07, 6.45) is -0.298. The van der Waals surface area contributed by atoms with Crippen LogP contribution in [0.2, 0.25) is 0 Å². The van der Waals surface area contributed by atoms with Gasteiger partial charge in [-0.3, -0.25) is 4.57 Å². The molecule has 0 spiro atoms. The predicted octanol–water partition coefficient (Wildman–Crippen LogP) is -1.45. The molecule has 9 heteroatoms. The molecule has 2 aliphatic rings. The highest BCUT2D eigenvalue weighted by Crippen LogP contribution is 2.47. The molecule has 4 unspecified atom stereocenters. The Labute approximate surface area is 119 Å². The first-order valence-electron chi connectivity index (χ1n) is 6.69. The van der Waals surface area contributed by atoms with Gasteiger partial charge >= 0.3 is 0 Å². The molecular weight excluding hydrogens is 278 g/mol. The molecule has 3 heterocycles. The van der Waals surface area contributed by atoms with Crippen LogP contribution in [-0.2, 0) is 4.74 Å². The number of hydrogen-bond donors (Lipinski definition) is 4. The molecule has 4 rings (SSSR count). The summed E-state index contributed by atoms with van der Waals surface area (Å²) in [5, 5.41) is 30.9. The van der Waals surface area contributed by atoms with Gasteiger partial charge in [0.1, 0.15) is 29.7 Å². The van der Waals surface area contributed by atoms with Crippen molar-refractivity contribution in [2.75, 3.05) is 5.73 Å². The Hall–Kier alpha value is -1.81. The van der Waals surface area contributed by atoms with Crippen molar-refractivity contribution in [1.82, 2.24) is 19.5 Å². The fraction of sp³-hybridized carbons (Fsp3) is 0.583. The molecule has 0 radical (unpaired) electrons. The Morgan fingerprint density at radius 1 is 1.33 bits per heavy atom. The Balaban J connectivity index is 1.79. The first kappa shape index (κ1) is 12.9. The highest BCUT2D eigenvalue weighted by atomic mass is 16.6. The van der Waals surface area contributed by atoms with Crippen molar-refractivity contribution < 1.29 is 20.1 Å². The molecular formula is C12H15N5O4. The number of hydrogen-bond acceptors (Lipinski definition) is 8. The summed E-state index contributed by atoms with van der Waals surface area (Å²) >= 11 is 0. The van der Waals surface area contributed by atoms with Gasteiger partial charge in [0.05, 0.1) is 12.4 Å². The number of nitrogens with two attached hydrogens (primary N) is 1. The van der Waals surface area contributed by atoms with E-state index in [4.69, 9.17) is 10.5 Å². The minimum absolute atomic E-state index is 0.227. The minimum atomic E-state index is -1.46.